The molecule has 8 nitrogen and oxygen atoms in total. The third kappa shape index (κ3) is 5.05. The Bertz CT molecular complexity index is 717. The highest BCUT2D eigenvalue weighted by Crippen LogP contribution is 2.23. The minimum Gasteiger partial charge on any atom is -0.458 e. The standard InChI is InChI=1S/C21H30N2O6/c1-21(2,3)29-20(27)16(24)17-19(26)23(12-13-28-17)15-8-6-14(7-9-15)18(25)22-10-4-5-11-22/h6-8,15-17,24H,4-5,9-13H2,1-3H3/t15?,16-,17-/m1/s1. The lowest BCUT2D eigenvalue weighted by molar-refractivity contribution is -0.185. The van der Waals surface area contributed by atoms with E-state index in [0.29, 0.717) is 18.5 Å². The van der Waals surface area contributed by atoms with Gasteiger partial charge in [0.15, 0.2) is 12.2 Å². The Morgan fingerprint density at radius 2 is 1.93 bits per heavy atom. The van der Waals surface area contributed by atoms with Crippen molar-refractivity contribution in [2.75, 3.05) is 26.2 Å². The molecule has 0 saturated carbocycles. The van der Waals surface area contributed by atoms with Crippen molar-refractivity contribution in [3.05, 3.63) is 23.8 Å². The first-order chi connectivity index (χ1) is 13.7. The molecular weight excluding hydrogens is 376 g/mol. The Morgan fingerprint density at radius 1 is 1.24 bits per heavy atom. The van der Waals surface area contributed by atoms with E-state index >= 15 is 0 Å². The van der Waals surface area contributed by atoms with Crippen LogP contribution in [0.4, 0.5) is 0 Å². The van der Waals surface area contributed by atoms with Crippen molar-refractivity contribution in [3.8, 4) is 0 Å². The Kier molecular flexibility index (Phi) is 6.43. The quantitative estimate of drug-likeness (QED) is 0.694. The first kappa shape index (κ1) is 21.5. The molecule has 1 aliphatic carbocycles. The van der Waals surface area contributed by atoms with Crippen LogP contribution in [-0.4, -0.2) is 82.8 Å². The number of morpholine rings is 1. The normalized spacial score (nSPS) is 26.3. The predicted octanol–water partition coefficient (Wildman–Crippen LogP) is 0.794. The molecule has 2 aliphatic heterocycles. The third-order valence-electron chi connectivity index (χ3n) is 5.21. The summed E-state index contributed by atoms with van der Waals surface area (Å²) in [4.78, 5) is 40.9. The molecule has 2 amide bonds. The Balaban J connectivity index is 1.61. The van der Waals surface area contributed by atoms with Crippen molar-refractivity contribution in [2.24, 2.45) is 0 Å². The van der Waals surface area contributed by atoms with Gasteiger partial charge in [0.1, 0.15) is 5.60 Å². The van der Waals surface area contributed by atoms with Crippen LogP contribution >= 0.6 is 0 Å². The highest BCUT2D eigenvalue weighted by molar-refractivity contribution is 5.96. The zero-order chi connectivity index (χ0) is 21.2. The molecule has 160 valence electrons. The first-order valence-electron chi connectivity index (χ1n) is 10.2. The fourth-order valence-electron chi connectivity index (χ4n) is 3.77. The average molecular weight is 406 g/mol. The van der Waals surface area contributed by atoms with Gasteiger partial charge in [-0.05, 0) is 40.0 Å². The van der Waals surface area contributed by atoms with Crippen molar-refractivity contribution in [3.63, 3.8) is 0 Å². The summed E-state index contributed by atoms with van der Waals surface area (Å²) in [6.07, 6.45) is 5.06. The second-order valence-electron chi connectivity index (χ2n) is 8.62. The van der Waals surface area contributed by atoms with E-state index < -0.39 is 29.7 Å². The number of hydrogen-bond donors (Lipinski definition) is 1. The van der Waals surface area contributed by atoms with Gasteiger partial charge in [-0.2, -0.15) is 0 Å². The monoisotopic (exact) mass is 406 g/mol. The number of amides is 2. The molecule has 8 heteroatoms. The molecule has 0 aromatic heterocycles. The molecule has 2 heterocycles. The number of carbonyl (C=O) groups is 3. The van der Waals surface area contributed by atoms with Crippen LogP contribution in [0.5, 0.6) is 0 Å². The summed E-state index contributed by atoms with van der Waals surface area (Å²) >= 11 is 0. The molecule has 2 fully saturated rings. The maximum absolute atomic E-state index is 12.9. The van der Waals surface area contributed by atoms with Gasteiger partial charge in [-0.1, -0.05) is 18.2 Å². The molecule has 2 saturated heterocycles. The van der Waals surface area contributed by atoms with Gasteiger partial charge < -0.3 is 24.4 Å². The number of likely N-dealkylation sites (tertiary alicyclic amines) is 1. The Morgan fingerprint density at radius 3 is 2.52 bits per heavy atom. The highest BCUT2D eigenvalue weighted by Gasteiger charge is 2.42. The number of hydrogen-bond acceptors (Lipinski definition) is 6. The molecule has 0 radical (unpaired) electrons. The van der Waals surface area contributed by atoms with E-state index in [-0.39, 0.29) is 18.6 Å². The lowest BCUT2D eigenvalue weighted by Gasteiger charge is -2.38. The summed E-state index contributed by atoms with van der Waals surface area (Å²) in [6.45, 7) is 7.22. The molecule has 0 spiro atoms. The fourth-order valence-corrected chi connectivity index (χ4v) is 3.77. The van der Waals surface area contributed by atoms with Crippen LogP contribution in [0.25, 0.3) is 0 Å². The smallest absolute Gasteiger partial charge is 0.338 e. The number of esters is 1. The molecule has 3 aliphatic rings. The predicted molar refractivity (Wildman–Crippen MR) is 105 cm³/mol. The van der Waals surface area contributed by atoms with Crippen molar-refractivity contribution in [2.45, 2.75) is 63.9 Å². The van der Waals surface area contributed by atoms with Gasteiger partial charge in [-0.25, -0.2) is 4.79 Å². The minimum absolute atomic E-state index is 0.0312. The van der Waals surface area contributed by atoms with Crippen LogP contribution in [0.1, 0.15) is 40.0 Å². The van der Waals surface area contributed by atoms with Gasteiger partial charge in [0.2, 0.25) is 0 Å². The molecule has 3 rings (SSSR count). The molecular formula is C21H30N2O6. The number of rotatable bonds is 4. The van der Waals surface area contributed by atoms with Gasteiger partial charge >= 0.3 is 5.97 Å². The van der Waals surface area contributed by atoms with Crippen LogP contribution < -0.4 is 0 Å². The van der Waals surface area contributed by atoms with E-state index in [2.05, 4.69) is 0 Å². The summed E-state index contributed by atoms with van der Waals surface area (Å²) in [5, 5.41) is 10.3. The maximum Gasteiger partial charge on any atom is 0.338 e. The summed E-state index contributed by atoms with van der Waals surface area (Å²) in [6, 6.07) is -0.241. The van der Waals surface area contributed by atoms with Crippen LogP contribution in [0.3, 0.4) is 0 Å². The van der Waals surface area contributed by atoms with Gasteiger partial charge in [0.05, 0.1) is 12.6 Å². The zero-order valence-electron chi connectivity index (χ0n) is 17.3. The SMILES string of the molecule is CC(C)(C)OC(=O)[C@H](O)[C@H]1OCCN(C2C=CC(C(=O)N3CCCC3)=CC2)C1=O. The van der Waals surface area contributed by atoms with Crippen molar-refractivity contribution >= 4 is 17.8 Å². The average Bonchev–Trinajstić information content (AvgIpc) is 3.21. The molecule has 0 bridgehead atoms. The van der Waals surface area contributed by atoms with Crippen LogP contribution in [0.15, 0.2) is 23.8 Å². The van der Waals surface area contributed by atoms with E-state index in [1.54, 1.807) is 31.7 Å². The summed E-state index contributed by atoms with van der Waals surface area (Å²) in [7, 11) is 0. The van der Waals surface area contributed by atoms with E-state index in [9.17, 15) is 19.5 Å². The van der Waals surface area contributed by atoms with Crippen LogP contribution in [-0.2, 0) is 23.9 Å². The molecule has 0 aromatic carbocycles. The minimum atomic E-state index is -1.68. The Hall–Kier alpha value is -2.19. The number of aliphatic hydroxyl groups excluding tert-OH is 1. The van der Waals surface area contributed by atoms with Crippen molar-refractivity contribution < 1.29 is 29.0 Å². The topological polar surface area (TPSA) is 96.4 Å². The van der Waals surface area contributed by atoms with E-state index in [1.165, 1.54) is 0 Å². The summed E-state index contributed by atoms with van der Waals surface area (Å²) in [5.41, 5.74) is -0.126. The molecule has 1 N–H and O–H groups in total. The van der Waals surface area contributed by atoms with Gasteiger partial charge in [0, 0.05) is 25.2 Å². The lowest BCUT2D eigenvalue weighted by Crippen LogP contribution is -2.57. The second-order valence-corrected chi connectivity index (χ2v) is 8.62. The number of nitrogens with zero attached hydrogens (tertiary/aromatic N) is 2. The van der Waals surface area contributed by atoms with Crippen LogP contribution in [0, 0.1) is 0 Å². The number of aliphatic hydroxyl groups is 1. The van der Waals surface area contributed by atoms with Gasteiger partial charge in [-0.3, -0.25) is 9.59 Å². The van der Waals surface area contributed by atoms with E-state index in [1.807, 2.05) is 17.1 Å². The zero-order valence-corrected chi connectivity index (χ0v) is 17.3. The molecule has 3 atom stereocenters. The molecule has 1 unspecified atom stereocenters. The molecule has 29 heavy (non-hydrogen) atoms. The Labute approximate surface area is 171 Å². The highest BCUT2D eigenvalue weighted by atomic mass is 16.6. The first-order valence-corrected chi connectivity index (χ1v) is 10.2. The summed E-state index contributed by atoms with van der Waals surface area (Å²) < 4.78 is 10.6. The maximum atomic E-state index is 12.9. The fraction of sp³-hybridized carbons (Fsp3) is 0.667. The van der Waals surface area contributed by atoms with Crippen molar-refractivity contribution in [1.29, 1.82) is 0 Å². The van der Waals surface area contributed by atoms with Crippen LogP contribution in [0.2, 0.25) is 0 Å². The van der Waals surface area contributed by atoms with E-state index in [4.69, 9.17) is 9.47 Å². The van der Waals surface area contributed by atoms with Gasteiger partial charge in [-0.15, -0.1) is 0 Å². The van der Waals surface area contributed by atoms with Gasteiger partial charge in [0.25, 0.3) is 11.8 Å². The lowest BCUT2D eigenvalue weighted by atomic mass is 9.99. The third-order valence-corrected chi connectivity index (χ3v) is 5.21. The molecule has 0 aromatic rings. The second kappa shape index (κ2) is 8.67. The number of carbonyl (C=O) groups excluding carboxylic acids is 3. The van der Waals surface area contributed by atoms with Crippen molar-refractivity contribution in [1.82, 2.24) is 9.80 Å². The number of ether oxygens (including phenoxy) is 2. The summed E-state index contributed by atoms with van der Waals surface area (Å²) in [5.74, 6) is -1.30. The van der Waals surface area contributed by atoms with E-state index in [0.717, 1.165) is 25.9 Å². The largest absolute Gasteiger partial charge is 0.458 e.